The van der Waals surface area contributed by atoms with Gasteiger partial charge in [-0.15, -0.1) is 0 Å². The average molecular weight is 241 g/mol. The van der Waals surface area contributed by atoms with Crippen LogP contribution >= 0.6 is 0 Å². The van der Waals surface area contributed by atoms with Gasteiger partial charge in [0.2, 0.25) is 5.89 Å². The van der Waals surface area contributed by atoms with Crippen molar-refractivity contribution in [3.63, 3.8) is 0 Å². The van der Waals surface area contributed by atoms with Crippen molar-refractivity contribution in [1.82, 2.24) is 4.98 Å². The molecule has 18 heavy (non-hydrogen) atoms. The lowest BCUT2D eigenvalue weighted by Gasteiger charge is -1.95. The van der Waals surface area contributed by atoms with Gasteiger partial charge in [-0.2, -0.15) is 0 Å². The number of rotatable bonds is 2. The van der Waals surface area contributed by atoms with Crippen LogP contribution < -0.4 is 0 Å². The molecule has 0 spiro atoms. The van der Waals surface area contributed by atoms with Crippen LogP contribution in [0.25, 0.3) is 22.6 Å². The molecule has 0 fully saturated rings. The van der Waals surface area contributed by atoms with E-state index in [1.54, 1.807) is 30.3 Å². The number of oxazole rings is 1. The van der Waals surface area contributed by atoms with Crippen LogP contribution in [0.5, 0.6) is 0 Å². The van der Waals surface area contributed by atoms with E-state index in [1.807, 2.05) is 0 Å². The Morgan fingerprint density at radius 2 is 2.06 bits per heavy atom. The second-order valence-corrected chi connectivity index (χ2v) is 3.87. The van der Waals surface area contributed by atoms with Gasteiger partial charge in [-0.3, -0.25) is 4.79 Å². The average Bonchev–Trinajstić information content (AvgIpc) is 2.81. The van der Waals surface area contributed by atoms with E-state index in [4.69, 9.17) is 4.42 Å². The third-order valence-corrected chi connectivity index (χ3v) is 2.62. The maximum absolute atomic E-state index is 13.0. The molecule has 0 amide bonds. The first-order valence-corrected chi connectivity index (χ1v) is 5.38. The molecule has 0 saturated heterocycles. The lowest BCUT2D eigenvalue weighted by atomic mass is 10.1. The fourth-order valence-corrected chi connectivity index (χ4v) is 1.77. The SMILES string of the molecule is O=Cc1cccc(-c2nc3ccc(F)cc3o2)c1. The number of nitrogens with zero attached hydrogens (tertiary/aromatic N) is 1. The fraction of sp³-hybridized carbons (Fsp3) is 0. The summed E-state index contributed by atoms with van der Waals surface area (Å²) in [4.78, 5) is 15.0. The Bertz CT molecular complexity index is 733. The van der Waals surface area contributed by atoms with Gasteiger partial charge in [0.1, 0.15) is 17.6 Å². The Hall–Kier alpha value is -2.49. The van der Waals surface area contributed by atoms with Crippen molar-refractivity contribution in [3.05, 3.63) is 53.8 Å². The number of carbonyl (C=O) groups excluding carboxylic acids is 1. The zero-order valence-corrected chi connectivity index (χ0v) is 9.26. The minimum Gasteiger partial charge on any atom is -0.436 e. The summed E-state index contributed by atoms with van der Waals surface area (Å²) in [5.41, 5.74) is 2.21. The van der Waals surface area contributed by atoms with Gasteiger partial charge in [0.25, 0.3) is 0 Å². The summed E-state index contributed by atoms with van der Waals surface area (Å²) in [6, 6.07) is 11.1. The molecule has 0 N–H and O–H groups in total. The molecule has 0 aliphatic heterocycles. The topological polar surface area (TPSA) is 43.1 Å². The third kappa shape index (κ3) is 1.78. The highest BCUT2D eigenvalue weighted by atomic mass is 19.1. The fourth-order valence-electron chi connectivity index (χ4n) is 1.77. The zero-order chi connectivity index (χ0) is 12.5. The van der Waals surface area contributed by atoms with Crippen molar-refractivity contribution in [2.24, 2.45) is 0 Å². The zero-order valence-electron chi connectivity index (χ0n) is 9.26. The van der Waals surface area contributed by atoms with Gasteiger partial charge >= 0.3 is 0 Å². The quantitative estimate of drug-likeness (QED) is 0.645. The summed E-state index contributed by atoms with van der Waals surface area (Å²) in [6.45, 7) is 0. The van der Waals surface area contributed by atoms with Gasteiger partial charge in [-0.25, -0.2) is 9.37 Å². The number of carbonyl (C=O) groups is 1. The van der Waals surface area contributed by atoms with Gasteiger partial charge in [0.05, 0.1) is 0 Å². The van der Waals surface area contributed by atoms with Crippen molar-refractivity contribution in [2.45, 2.75) is 0 Å². The molecule has 3 nitrogen and oxygen atoms in total. The van der Waals surface area contributed by atoms with Crippen LogP contribution in [-0.2, 0) is 0 Å². The first-order valence-electron chi connectivity index (χ1n) is 5.38. The molecule has 0 bridgehead atoms. The predicted molar refractivity (Wildman–Crippen MR) is 64.8 cm³/mol. The van der Waals surface area contributed by atoms with Crippen LogP contribution in [0.4, 0.5) is 4.39 Å². The van der Waals surface area contributed by atoms with Crippen molar-refractivity contribution >= 4 is 17.4 Å². The summed E-state index contributed by atoms with van der Waals surface area (Å²) in [7, 11) is 0. The maximum Gasteiger partial charge on any atom is 0.227 e. The maximum atomic E-state index is 13.0. The van der Waals surface area contributed by atoms with Gasteiger partial charge in [0.15, 0.2) is 5.58 Å². The smallest absolute Gasteiger partial charge is 0.227 e. The molecule has 0 saturated carbocycles. The van der Waals surface area contributed by atoms with Gasteiger partial charge in [0, 0.05) is 17.2 Å². The lowest BCUT2D eigenvalue weighted by molar-refractivity contribution is 0.112. The highest BCUT2D eigenvalue weighted by molar-refractivity contribution is 5.80. The van der Waals surface area contributed by atoms with Crippen LogP contribution in [0.3, 0.4) is 0 Å². The number of hydrogen-bond acceptors (Lipinski definition) is 3. The lowest BCUT2D eigenvalue weighted by Crippen LogP contribution is -1.81. The molecule has 0 aliphatic rings. The molecule has 4 heteroatoms. The molecule has 0 atom stereocenters. The first kappa shape index (κ1) is 10.7. The van der Waals surface area contributed by atoms with E-state index in [0.29, 0.717) is 28.1 Å². The highest BCUT2D eigenvalue weighted by Crippen LogP contribution is 2.25. The highest BCUT2D eigenvalue weighted by Gasteiger charge is 2.09. The van der Waals surface area contributed by atoms with Crippen LogP contribution in [0.1, 0.15) is 10.4 Å². The summed E-state index contributed by atoms with van der Waals surface area (Å²) >= 11 is 0. The minimum atomic E-state index is -0.369. The van der Waals surface area contributed by atoms with Crippen LogP contribution in [0, 0.1) is 5.82 Å². The van der Waals surface area contributed by atoms with E-state index < -0.39 is 0 Å². The largest absolute Gasteiger partial charge is 0.436 e. The Kier molecular flexibility index (Phi) is 2.41. The number of aldehydes is 1. The number of halogens is 1. The standard InChI is InChI=1S/C14H8FNO2/c15-11-4-5-12-13(7-11)18-14(16-12)10-3-1-2-9(6-10)8-17/h1-8H. The summed E-state index contributed by atoms with van der Waals surface area (Å²) in [5.74, 6) is 0.00569. The number of benzene rings is 2. The summed E-state index contributed by atoms with van der Waals surface area (Å²) < 4.78 is 18.5. The van der Waals surface area contributed by atoms with E-state index in [2.05, 4.69) is 4.98 Å². The summed E-state index contributed by atoms with van der Waals surface area (Å²) in [6.07, 6.45) is 0.756. The van der Waals surface area contributed by atoms with Gasteiger partial charge in [-0.05, 0) is 24.3 Å². The van der Waals surface area contributed by atoms with Crippen LogP contribution in [-0.4, -0.2) is 11.3 Å². The molecule has 3 aromatic rings. The molecule has 0 aliphatic carbocycles. The van der Waals surface area contributed by atoms with Gasteiger partial charge in [-0.1, -0.05) is 12.1 Å². The van der Waals surface area contributed by atoms with E-state index in [9.17, 15) is 9.18 Å². The molecular weight excluding hydrogens is 233 g/mol. The molecule has 0 radical (unpaired) electrons. The normalized spacial score (nSPS) is 10.7. The molecule has 0 unspecified atom stereocenters. The van der Waals surface area contributed by atoms with Gasteiger partial charge < -0.3 is 4.42 Å². The number of fused-ring (bicyclic) bond motifs is 1. The van der Waals surface area contributed by atoms with E-state index in [1.165, 1.54) is 12.1 Å². The molecule has 3 rings (SSSR count). The second-order valence-electron chi connectivity index (χ2n) is 3.87. The molecular formula is C14H8FNO2. The van der Waals surface area contributed by atoms with Crippen molar-refractivity contribution in [1.29, 1.82) is 0 Å². The number of aromatic nitrogens is 1. The predicted octanol–water partition coefficient (Wildman–Crippen LogP) is 3.45. The van der Waals surface area contributed by atoms with Crippen LogP contribution in [0.2, 0.25) is 0 Å². The van der Waals surface area contributed by atoms with E-state index >= 15 is 0 Å². The van der Waals surface area contributed by atoms with Crippen LogP contribution in [0.15, 0.2) is 46.9 Å². The van der Waals surface area contributed by atoms with E-state index in [0.717, 1.165) is 6.29 Å². The Morgan fingerprint density at radius 3 is 2.89 bits per heavy atom. The monoisotopic (exact) mass is 241 g/mol. The molecule has 1 aromatic heterocycles. The summed E-state index contributed by atoms with van der Waals surface area (Å²) in [5, 5.41) is 0. The van der Waals surface area contributed by atoms with Crippen molar-refractivity contribution in [3.8, 4) is 11.5 Å². The third-order valence-electron chi connectivity index (χ3n) is 2.62. The number of hydrogen-bond donors (Lipinski definition) is 0. The first-order chi connectivity index (χ1) is 8.76. The Morgan fingerprint density at radius 1 is 1.17 bits per heavy atom. The van der Waals surface area contributed by atoms with E-state index in [-0.39, 0.29) is 5.82 Å². The minimum absolute atomic E-state index is 0.369. The molecule has 88 valence electrons. The van der Waals surface area contributed by atoms with Crippen molar-refractivity contribution < 1.29 is 13.6 Å². The Balaban J connectivity index is 2.15. The van der Waals surface area contributed by atoms with Crippen molar-refractivity contribution in [2.75, 3.05) is 0 Å². The Labute approximate surface area is 102 Å². The molecule has 2 aromatic carbocycles. The second kappa shape index (κ2) is 4.07. The molecule has 1 heterocycles.